The molecule has 4 rings (SSSR count). The highest BCUT2D eigenvalue weighted by atomic mass is 35.5. The number of nitrogens with zero attached hydrogens (tertiary/aromatic N) is 4. The number of halogens is 1. The molecule has 6 heteroatoms. The van der Waals surface area contributed by atoms with E-state index in [0.717, 1.165) is 27.9 Å². The quantitative estimate of drug-likeness (QED) is 0.594. The second kappa shape index (κ2) is 6.83. The largest absolute Gasteiger partial charge is 0.363 e. The maximum absolute atomic E-state index is 6.02. The molecule has 4 aromatic rings. The Morgan fingerprint density at radius 3 is 2.56 bits per heavy atom. The Morgan fingerprint density at radius 2 is 1.72 bits per heavy atom. The van der Waals surface area contributed by atoms with Crippen molar-refractivity contribution in [1.29, 1.82) is 0 Å². The summed E-state index contributed by atoms with van der Waals surface area (Å²) in [4.78, 5) is 17.4. The van der Waals surface area contributed by atoms with Crippen LogP contribution >= 0.6 is 11.6 Å². The lowest BCUT2D eigenvalue weighted by Crippen LogP contribution is -2.03. The molecular weight excluding hydrogens is 334 g/mol. The maximum atomic E-state index is 6.02. The van der Waals surface area contributed by atoms with Gasteiger partial charge in [0.15, 0.2) is 11.0 Å². The van der Waals surface area contributed by atoms with Gasteiger partial charge < -0.3 is 5.32 Å². The fraction of sp³-hybridized carbons (Fsp3) is 0.0526. The first kappa shape index (κ1) is 15.5. The van der Waals surface area contributed by atoms with Gasteiger partial charge in [-0.05, 0) is 17.7 Å². The van der Waals surface area contributed by atoms with Crippen LogP contribution < -0.4 is 5.32 Å². The minimum atomic E-state index is 0.356. The van der Waals surface area contributed by atoms with Crippen LogP contribution in [0.3, 0.4) is 0 Å². The normalized spacial score (nSPS) is 10.8. The van der Waals surface area contributed by atoms with Crippen LogP contribution in [0, 0.1) is 0 Å². The van der Waals surface area contributed by atoms with E-state index in [9.17, 15) is 0 Å². The molecule has 0 amide bonds. The van der Waals surface area contributed by atoms with E-state index in [1.807, 2.05) is 48.5 Å². The lowest BCUT2D eigenvalue weighted by molar-refractivity contribution is 1.09. The molecular formula is C19H14ClN5. The first-order valence-corrected chi connectivity index (χ1v) is 8.19. The van der Waals surface area contributed by atoms with Crippen molar-refractivity contribution < 1.29 is 0 Å². The molecule has 0 radical (unpaired) electrons. The van der Waals surface area contributed by atoms with E-state index in [4.69, 9.17) is 16.6 Å². The molecule has 0 aliphatic carbocycles. The topological polar surface area (TPSA) is 63.6 Å². The molecule has 0 saturated carbocycles. The molecule has 25 heavy (non-hydrogen) atoms. The van der Waals surface area contributed by atoms with Crippen molar-refractivity contribution >= 4 is 28.5 Å². The van der Waals surface area contributed by atoms with Crippen LogP contribution in [0.4, 0.5) is 5.82 Å². The van der Waals surface area contributed by atoms with Crippen molar-refractivity contribution in [3.8, 4) is 11.3 Å². The fourth-order valence-electron chi connectivity index (χ4n) is 2.54. The van der Waals surface area contributed by atoms with Gasteiger partial charge in [0.2, 0.25) is 0 Å². The number of rotatable bonds is 4. The van der Waals surface area contributed by atoms with E-state index in [1.54, 1.807) is 18.6 Å². The predicted octanol–water partition coefficient (Wildman–Crippen LogP) is 4.35. The Kier molecular flexibility index (Phi) is 4.23. The average molecular weight is 348 g/mol. The highest BCUT2D eigenvalue weighted by molar-refractivity contribution is 6.31. The molecule has 0 unspecified atom stereocenters. The minimum Gasteiger partial charge on any atom is -0.363 e. The number of anilines is 1. The molecule has 0 bridgehead atoms. The number of fused-ring (bicyclic) bond motifs is 1. The summed E-state index contributed by atoms with van der Waals surface area (Å²) in [6, 6.07) is 16.0. The molecule has 122 valence electrons. The molecule has 2 heterocycles. The molecule has 1 N–H and O–H groups in total. The number of nitrogens with one attached hydrogen (secondary N) is 1. The van der Waals surface area contributed by atoms with Gasteiger partial charge in [-0.25, -0.2) is 15.0 Å². The van der Waals surface area contributed by atoms with Crippen molar-refractivity contribution in [3.63, 3.8) is 0 Å². The first-order chi connectivity index (χ1) is 12.3. The van der Waals surface area contributed by atoms with Gasteiger partial charge in [-0.1, -0.05) is 48.0 Å². The first-order valence-electron chi connectivity index (χ1n) is 7.81. The summed E-state index contributed by atoms with van der Waals surface area (Å²) >= 11 is 6.02. The van der Waals surface area contributed by atoms with Crippen molar-refractivity contribution in [2.45, 2.75) is 6.54 Å². The smallest absolute Gasteiger partial charge is 0.171 e. The van der Waals surface area contributed by atoms with Gasteiger partial charge in [0.1, 0.15) is 0 Å². The van der Waals surface area contributed by atoms with Crippen LogP contribution in [-0.4, -0.2) is 19.9 Å². The van der Waals surface area contributed by atoms with Crippen LogP contribution in [0.5, 0.6) is 0 Å². The third-order valence-corrected chi connectivity index (χ3v) is 4.07. The molecule has 2 aromatic carbocycles. The molecule has 0 saturated heterocycles. The molecule has 2 aromatic heterocycles. The van der Waals surface area contributed by atoms with Gasteiger partial charge >= 0.3 is 0 Å². The highest BCUT2D eigenvalue weighted by Crippen LogP contribution is 2.20. The Balaban J connectivity index is 1.61. The Labute approximate surface area is 149 Å². The van der Waals surface area contributed by atoms with Gasteiger partial charge in [-0.3, -0.25) is 4.98 Å². The summed E-state index contributed by atoms with van der Waals surface area (Å²) in [5, 5.41) is 3.54. The lowest BCUT2D eigenvalue weighted by atomic mass is 10.1. The fourth-order valence-corrected chi connectivity index (χ4v) is 2.71. The molecule has 0 atom stereocenters. The van der Waals surface area contributed by atoms with Crippen molar-refractivity contribution in [3.05, 3.63) is 77.8 Å². The van der Waals surface area contributed by atoms with Crippen LogP contribution in [0.15, 0.2) is 67.1 Å². The van der Waals surface area contributed by atoms with Gasteiger partial charge in [-0.15, -0.1) is 0 Å². The van der Waals surface area contributed by atoms with Crippen LogP contribution in [0.25, 0.3) is 22.3 Å². The Hall–Kier alpha value is -3.05. The number of hydrogen-bond donors (Lipinski definition) is 1. The van der Waals surface area contributed by atoms with Crippen molar-refractivity contribution in [1.82, 2.24) is 19.9 Å². The maximum Gasteiger partial charge on any atom is 0.171 e. The van der Waals surface area contributed by atoms with Gasteiger partial charge in [-0.2, -0.15) is 0 Å². The predicted molar refractivity (Wildman–Crippen MR) is 99.3 cm³/mol. The summed E-state index contributed by atoms with van der Waals surface area (Å²) in [7, 11) is 0. The van der Waals surface area contributed by atoms with Gasteiger partial charge in [0.25, 0.3) is 0 Å². The van der Waals surface area contributed by atoms with Gasteiger partial charge in [0.05, 0.1) is 22.9 Å². The Bertz CT molecular complexity index is 1020. The van der Waals surface area contributed by atoms with Crippen LogP contribution in [-0.2, 0) is 6.54 Å². The minimum absolute atomic E-state index is 0.356. The summed E-state index contributed by atoms with van der Waals surface area (Å²) < 4.78 is 0. The van der Waals surface area contributed by atoms with E-state index in [2.05, 4.69) is 20.3 Å². The number of aromatic nitrogens is 4. The third-order valence-electron chi connectivity index (χ3n) is 3.79. The van der Waals surface area contributed by atoms with Gasteiger partial charge in [0, 0.05) is 24.5 Å². The zero-order chi connectivity index (χ0) is 17.1. The van der Waals surface area contributed by atoms with E-state index in [0.29, 0.717) is 17.5 Å². The molecule has 0 fully saturated rings. The van der Waals surface area contributed by atoms with E-state index < -0.39 is 0 Å². The van der Waals surface area contributed by atoms with E-state index in [1.165, 1.54) is 0 Å². The van der Waals surface area contributed by atoms with Crippen LogP contribution in [0.2, 0.25) is 5.15 Å². The van der Waals surface area contributed by atoms with Crippen molar-refractivity contribution in [2.75, 3.05) is 5.32 Å². The highest BCUT2D eigenvalue weighted by Gasteiger charge is 2.05. The summed E-state index contributed by atoms with van der Waals surface area (Å²) in [5.41, 5.74) is 4.68. The van der Waals surface area contributed by atoms with Crippen molar-refractivity contribution in [2.24, 2.45) is 0 Å². The second-order valence-corrected chi connectivity index (χ2v) is 5.85. The number of hydrogen-bond acceptors (Lipinski definition) is 5. The summed E-state index contributed by atoms with van der Waals surface area (Å²) in [6.07, 6.45) is 4.96. The van der Waals surface area contributed by atoms with E-state index in [-0.39, 0.29) is 0 Å². The molecule has 5 nitrogen and oxygen atoms in total. The average Bonchev–Trinajstić information content (AvgIpc) is 2.67. The third kappa shape index (κ3) is 3.41. The molecule has 0 aliphatic heterocycles. The summed E-state index contributed by atoms with van der Waals surface area (Å²) in [6.45, 7) is 0.575. The number of benzene rings is 2. The lowest BCUT2D eigenvalue weighted by Gasteiger charge is -2.08. The van der Waals surface area contributed by atoms with E-state index >= 15 is 0 Å². The standard InChI is InChI=1S/C19H14ClN5/c20-18-19(22-9-8-21-18)24-11-13-6-7-15-16(10-13)25-17(12-23-15)14-4-2-1-3-5-14/h1-10,12H,11H2,(H,22,24). The molecule has 0 spiro atoms. The monoisotopic (exact) mass is 347 g/mol. The van der Waals surface area contributed by atoms with Crippen LogP contribution in [0.1, 0.15) is 5.56 Å². The summed E-state index contributed by atoms with van der Waals surface area (Å²) in [5.74, 6) is 0.563. The SMILES string of the molecule is Clc1nccnc1NCc1ccc2ncc(-c3ccccc3)nc2c1. The molecule has 0 aliphatic rings. The second-order valence-electron chi connectivity index (χ2n) is 5.49. The zero-order valence-electron chi connectivity index (χ0n) is 13.2. The Morgan fingerprint density at radius 1 is 0.880 bits per heavy atom. The zero-order valence-corrected chi connectivity index (χ0v) is 14.0.